The fourth-order valence-corrected chi connectivity index (χ4v) is 9.25. The molecule has 0 amide bonds. The molecule has 3 heterocycles. The average Bonchev–Trinajstić information content (AvgIpc) is 3.85. The maximum atomic E-state index is 6.34. The second-order valence-electron chi connectivity index (χ2n) is 15.4. The first-order valence-corrected chi connectivity index (χ1v) is 20.1. The Labute approximate surface area is 335 Å². The minimum absolute atomic E-state index is 0.909. The van der Waals surface area contributed by atoms with E-state index in [1.165, 1.54) is 71.3 Å². The first kappa shape index (κ1) is 32.7. The van der Waals surface area contributed by atoms with E-state index >= 15 is 0 Å². The summed E-state index contributed by atoms with van der Waals surface area (Å²) in [6.45, 7) is 0. The van der Waals surface area contributed by atoms with Gasteiger partial charge < -0.3 is 8.98 Å². The molecule has 3 heteroatoms. The number of furan rings is 1. The minimum atomic E-state index is 0.909. The van der Waals surface area contributed by atoms with Crippen LogP contribution in [0.15, 0.2) is 192 Å². The number of rotatable bonds is 5. The Morgan fingerprint density at radius 1 is 0.448 bits per heavy atom. The molecule has 0 spiro atoms. The van der Waals surface area contributed by atoms with Gasteiger partial charge in [0, 0.05) is 32.7 Å². The Morgan fingerprint density at radius 2 is 1.09 bits per heavy atom. The van der Waals surface area contributed by atoms with Crippen molar-refractivity contribution in [2.75, 3.05) is 0 Å². The second-order valence-corrected chi connectivity index (χ2v) is 15.4. The van der Waals surface area contributed by atoms with Gasteiger partial charge in [-0.3, -0.25) is 0 Å². The Morgan fingerprint density at radius 3 is 1.86 bits per heavy atom. The summed E-state index contributed by atoms with van der Waals surface area (Å²) >= 11 is 0. The third-order valence-corrected chi connectivity index (χ3v) is 12.0. The summed E-state index contributed by atoms with van der Waals surface area (Å²) in [5.41, 5.74) is 16.8. The highest BCUT2D eigenvalue weighted by Crippen LogP contribution is 2.42. The SMILES string of the molecule is C1=Cc2c(ccc3c2c2cc(-c4cccc(-c5ccc6oc7ccc8ccccc8c7c6c5)c4)ccc2n3-c2cc(-c3ccccc3)nc(-c3ccccc3)c2)CC1. The van der Waals surface area contributed by atoms with Crippen molar-refractivity contribution < 1.29 is 4.42 Å². The monoisotopic (exact) mass is 740 g/mol. The summed E-state index contributed by atoms with van der Waals surface area (Å²) in [6.07, 6.45) is 6.79. The largest absolute Gasteiger partial charge is 0.456 e. The number of fused-ring (bicyclic) bond motifs is 10. The maximum absolute atomic E-state index is 6.34. The highest BCUT2D eigenvalue weighted by atomic mass is 16.3. The molecule has 0 saturated heterocycles. The zero-order chi connectivity index (χ0) is 38.2. The van der Waals surface area contributed by atoms with Gasteiger partial charge in [0.1, 0.15) is 11.2 Å². The molecule has 8 aromatic carbocycles. The quantitative estimate of drug-likeness (QED) is 0.176. The molecule has 11 aromatic rings. The van der Waals surface area contributed by atoms with Gasteiger partial charge in [0.2, 0.25) is 0 Å². The molecule has 12 rings (SSSR count). The van der Waals surface area contributed by atoms with Crippen molar-refractivity contribution in [2.24, 2.45) is 0 Å². The molecule has 0 saturated carbocycles. The van der Waals surface area contributed by atoms with Gasteiger partial charge in [0.05, 0.1) is 28.1 Å². The van der Waals surface area contributed by atoms with Crippen molar-refractivity contribution in [1.29, 1.82) is 0 Å². The first-order valence-electron chi connectivity index (χ1n) is 20.1. The lowest BCUT2D eigenvalue weighted by molar-refractivity contribution is 0.669. The number of pyridine rings is 1. The molecule has 3 aromatic heterocycles. The van der Waals surface area contributed by atoms with Crippen LogP contribution in [0.4, 0.5) is 0 Å². The highest BCUT2D eigenvalue weighted by molar-refractivity contribution is 6.19. The molecular formula is C55H36N2O. The number of aryl methyl sites for hydroxylation is 1. The fraction of sp³-hybridized carbons (Fsp3) is 0.0364. The van der Waals surface area contributed by atoms with E-state index in [1.54, 1.807) is 0 Å². The second kappa shape index (κ2) is 13.0. The standard InChI is InChI=1S/C55H36N2O/c1-3-14-37(15-4-1)48-33-43(34-49(56-48)38-16-5-2-6-17-38)57-50-26-23-41(31-46(50)54-44-20-9-7-12-35(44)22-27-51(54)57)39-18-11-19-40(30-39)42-25-28-52-47(32-42)55-45-21-10-8-13-36(45)24-29-53(55)58-52/h1-6,8-11,13-34H,7,12H2. The molecular weight excluding hydrogens is 705 g/mol. The first-order chi connectivity index (χ1) is 28.7. The smallest absolute Gasteiger partial charge is 0.136 e. The van der Waals surface area contributed by atoms with E-state index in [2.05, 4.69) is 199 Å². The van der Waals surface area contributed by atoms with Crippen LogP contribution in [0.1, 0.15) is 17.5 Å². The lowest BCUT2D eigenvalue weighted by Gasteiger charge is -2.15. The van der Waals surface area contributed by atoms with E-state index in [0.29, 0.717) is 0 Å². The highest BCUT2D eigenvalue weighted by Gasteiger charge is 2.21. The predicted molar refractivity (Wildman–Crippen MR) is 242 cm³/mol. The van der Waals surface area contributed by atoms with Gasteiger partial charge in [0.25, 0.3) is 0 Å². The van der Waals surface area contributed by atoms with E-state index in [0.717, 1.165) is 57.6 Å². The molecule has 3 nitrogen and oxygen atoms in total. The molecule has 0 atom stereocenters. The summed E-state index contributed by atoms with van der Waals surface area (Å²) in [7, 11) is 0. The van der Waals surface area contributed by atoms with E-state index in [9.17, 15) is 0 Å². The van der Waals surface area contributed by atoms with Crippen molar-refractivity contribution in [3.05, 3.63) is 199 Å². The number of allylic oxidation sites excluding steroid dienone is 1. The van der Waals surface area contributed by atoms with E-state index < -0.39 is 0 Å². The van der Waals surface area contributed by atoms with Crippen LogP contribution in [0.2, 0.25) is 0 Å². The van der Waals surface area contributed by atoms with Crippen LogP contribution >= 0.6 is 0 Å². The lowest BCUT2D eigenvalue weighted by Crippen LogP contribution is -1.99. The molecule has 1 aliphatic carbocycles. The number of aromatic nitrogens is 2. The van der Waals surface area contributed by atoms with Gasteiger partial charge in [-0.2, -0.15) is 0 Å². The van der Waals surface area contributed by atoms with Crippen LogP contribution in [0.25, 0.3) is 111 Å². The topological polar surface area (TPSA) is 31.0 Å². The van der Waals surface area contributed by atoms with Crippen LogP contribution in [-0.2, 0) is 6.42 Å². The van der Waals surface area contributed by atoms with Crippen molar-refractivity contribution in [3.63, 3.8) is 0 Å². The van der Waals surface area contributed by atoms with Crippen LogP contribution in [-0.4, -0.2) is 9.55 Å². The van der Waals surface area contributed by atoms with Crippen molar-refractivity contribution in [2.45, 2.75) is 12.8 Å². The average molecular weight is 741 g/mol. The third-order valence-electron chi connectivity index (χ3n) is 12.0. The summed E-state index contributed by atoms with van der Waals surface area (Å²) < 4.78 is 8.79. The number of hydrogen-bond acceptors (Lipinski definition) is 2. The number of hydrogen-bond donors (Lipinski definition) is 0. The Kier molecular flexibility index (Phi) is 7.36. The van der Waals surface area contributed by atoms with Gasteiger partial charge in [0.15, 0.2) is 0 Å². The van der Waals surface area contributed by atoms with Crippen LogP contribution < -0.4 is 0 Å². The van der Waals surface area contributed by atoms with Crippen LogP contribution in [0, 0.1) is 0 Å². The fourth-order valence-electron chi connectivity index (χ4n) is 9.25. The van der Waals surface area contributed by atoms with E-state index in [4.69, 9.17) is 9.40 Å². The molecule has 272 valence electrons. The molecule has 1 aliphatic rings. The van der Waals surface area contributed by atoms with Gasteiger partial charge in [-0.15, -0.1) is 0 Å². The molecule has 58 heavy (non-hydrogen) atoms. The number of benzene rings is 8. The summed E-state index contributed by atoms with van der Waals surface area (Å²) in [4.78, 5) is 5.21. The van der Waals surface area contributed by atoms with Gasteiger partial charge >= 0.3 is 0 Å². The van der Waals surface area contributed by atoms with Crippen molar-refractivity contribution >= 4 is 60.6 Å². The molecule has 0 radical (unpaired) electrons. The summed E-state index contributed by atoms with van der Waals surface area (Å²) in [6, 6.07) is 65.6. The van der Waals surface area contributed by atoms with Gasteiger partial charge in [-0.05, 0) is 112 Å². The third kappa shape index (κ3) is 5.24. The predicted octanol–water partition coefficient (Wildman–Crippen LogP) is 14.9. The molecule has 0 bridgehead atoms. The van der Waals surface area contributed by atoms with E-state index in [-0.39, 0.29) is 0 Å². The molecule has 0 unspecified atom stereocenters. The summed E-state index contributed by atoms with van der Waals surface area (Å²) in [5.74, 6) is 0. The van der Waals surface area contributed by atoms with Crippen LogP contribution in [0.5, 0.6) is 0 Å². The summed E-state index contributed by atoms with van der Waals surface area (Å²) in [5, 5.41) is 7.29. The minimum Gasteiger partial charge on any atom is -0.456 e. The van der Waals surface area contributed by atoms with Gasteiger partial charge in [-0.25, -0.2) is 4.98 Å². The Balaban J connectivity index is 1.04. The van der Waals surface area contributed by atoms with Crippen LogP contribution in [0.3, 0.4) is 0 Å². The Bertz CT molecular complexity index is 3380. The molecule has 0 fully saturated rings. The zero-order valence-electron chi connectivity index (χ0n) is 31.7. The van der Waals surface area contributed by atoms with Crippen molar-refractivity contribution in [3.8, 4) is 50.5 Å². The zero-order valence-corrected chi connectivity index (χ0v) is 31.7. The van der Waals surface area contributed by atoms with Gasteiger partial charge in [-0.1, -0.05) is 140 Å². The molecule has 0 aliphatic heterocycles. The normalized spacial score (nSPS) is 12.6. The van der Waals surface area contributed by atoms with E-state index in [1.807, 2.05) is 0 Å². The molecule has 0 N–H and O–H groups in total. The maximum Gasteiger partial charge on any atom is 0.136 e. The lowest BCUT2D eigenvalue weighted by atomic mass is 9.92. The Hall–Kier alpha value is -7.49. The number of nitrogens with zero attached hydrogens (tertiary/aromatic N) is 2. The van der Waals surface area contributed by atoms with Crippen molar-refractivity contribution in [1.82, 2.24) is 9.55 Å².